The summed E-state index contributed by atoms with van der Waals surface area (Å²) in [7, 11) is 0. The molecule has 0 saturated heterocycles. The molecule has 0 spiro atoms. The van der Waals surface area contributed by atoms with E-state index in [1.54, 1.807) is 0 Å². The van der Waals surface area contributed by atoms with Gasteiger partial charge in [-0.15, -0.1) is 0 Å². The minimum Gasteiger partial charge on any atom is -0.323 e. The molecule has 2 aromatic rings. The second kappa shape index (κ2) is 6.02. The van der Waals surface area contributed by atoms with Crippen LogP contribution in [0.5, 0.6) is 0 Å². The van der Waals surface area contributed by atoms with Crippen LogP contribution in [0.25, 0.3) is 0 Å². The van der Waals surface area contributed by atoms with Crippen LogP contribution in [0.1, 0.15) is 42.0 Å². The Bertz CT molecular complexity index is 567. The van der Waals surface area contributed by atoms with Crippen LogP contribution in [0, 0.1) is 0 Å². The maximum absolute atomic E-state index is 6.50. The van der Waals surface area contributed by atoms with Crippen molar-refractivity contribution < 1.29 is 0 Å². The lowest BCUT2D eigenvalue weighted by atomic mass is 9.81. The summed E-state index contributed by atoms with van der Waals surface area (Å²) in [6, 6.07) is 19.5. The molecule has 0 aliphatic heterocycles. The van der Waals surface area contributed by atoms with E-state index in [9.17, 15) is 0 Å². The van der Waals surface area contributed by atoms with Crippen LogP contribution in [0.15, 0.2) is 54.6 Å². The fourth-order valence-electron chi connectivity index (χ4n) is 3.03. The number of rotatable bonds is 3. The predicted octanol–water partition coefficient (Wildman–Crippen LogP) is 4.50. The number of hydrogen-bond acceptors (Lipinski definition) is 2. The Kier molecular flexibility index (Phi) is 4.13. The van der Waals surface area contributed by atoms with Gasteiger partial charge in [-0.1, -0.05) is 61.5 Å². The lowest BCUT2D eigenvalue weighted by Gasteiger charge is -2.34. The highest BCUT2D eigenvalue weighted by Gasteiger charge is 2.30. The summed E-state index contributed by atoms with van der Waals surface area (Å²) in [6.45, 7) is 2.32. The van der Waals surface area contributed by atoms with Crippen LogP contribution < -0.4 is 5.73 Å². The highest BCUT2D eigenvalue weighted by atomic mass is 32.2. The first-order valence-corrected chi connectivity index (χ1v) is 8.30. The van der Waals surface area contributed by atoms with Gasteiger partial charge in [-0.05, 0) is 29.0 Å². The van der Waals surface area contributed by atoms with Gasteiger partial charge in [0.05, 0.1) is 0 Å². The summed E-state index contributed by atoms with van der Waals surface area (Å²) >= 11 is 2.00. The largest absolute Gasteiger partial charge is 0.323 e. The predicted molar refractivity (Wildman–Crippen MR) is 87.9 cm³/mol. The lowest BCUT2D eigenvalue weighted by Crippen LogP contribution is -2.31. The number of thioether (sulfide) groups is 1. The van der Waals surface area contributed by atoms with Gasteiger partial charge in [-0.2, -0.15) is 11.8 Å². The molecule has 3 unspecified atom stereocenters. The zero-order valence-electron chi connectivity index (χ0n) is 11.8. The zero-order valence-corrected chi connectivity index (χ0v) is 12.6. The summed E-state index contributed by atoms with van der Waals surface area (Å²) in [6.07, 6.45) is 1.18. The van der Waals surface area contributed by atoms with E-state index in [2.05, 4.69) is 61.5 Å². The molecule has 0 aromatic heterocycles. The summed E-state index contributed by atoms with van der Waals surface area (Å²) in [5.41, 5.74) is 10.7. The van der Waals surface area contributed by atoms with E-state index in [1.807, 2.05) is 11.8 Å². The van der Waals surface area contributed by atoms with Crippen molar-refractivity contribution in [2.75, 3.05) is 0 Å². The van der Waals surface area contributed by atoms with Gasteiger partial charge in [0.2, 0.25) is 0 Å². The van der Waals surface area contributed by atoms with Crippen molar-refractivity contribution in [3.63, 3.8) is 0 Å². The van der Waals surface area contributed by atoms with Crippen LogP contribution in [-0.2, 0) is 5.75 Å². The Morgan fingerprint density at radius 3 is 2.40 bits per heavy atom. The molecule has 3 rings (SSSR count). The molecule has 3 atom stereocenters. The standard InChI is InChI=1S/C18H21NS/c1-13-11-17(20-12-14-7-3-2-4-8-14)18(19)16-10-6-5-9-15(13)16/h2-10,13,17-18H,11-12,19H2,1H3. The molecule has 0 fully saturated rings. The van der Waals surface area contributed by atoms with E-state index >= 15 is 0 Å². The van der Waals surface area contributed by atoms with Crippen molar-refractivity contribution in [3.05, 3.63) is 71.3 Å². The molecule has 2 aromatic carbocycles. The first-order valence-electron chi connectivity index (χ1n) is 7.25. The number of nitrogens with two attached hydrogens (primary N) is 1. The van der Waals surface area contributed by atoms with Crippen LogP contribution in [0.2, 0.25) is 0 Å². The van der Waals surface area contributed by atoms with Gasteiger partial charge in [0.25, 0.3) is 0 Å². The first-order chi connectivity index (χ1) is 9.75. The van der Waals surface area contributed by atoms with Crippen LogP contribution >= 0.6 is 11.8 Å². The molecule has 0 bridgehead atoms. The third-order valence-corrected chi connectivity index (χ3v) is 5.59. The third kappa shape index (κ3) is 2.77. The van der Waals surface area contributed by atoms with Crippen molar-refractivity contribution in [2.45, 2.75) is 36.3 Å². The van der Waals surface area contributed by atoms with Crippen molar-refractivity contribution in [1.29, 1.82) is 0 Å². The van der Waals surface area contributed by atoms with E-state index in [4.69, 9.17) is 5.73 Å². The average molecular weight is 283 g/mol. The third-order valence-electron chi connectivity index (χ3n) is 4.18. The number of fused-ring (bicyclic) bond motifs is 1. The van der Waals surface area contributed by atoms with Crippen molar-refractivity contribution in [2.24, 2.45) is 5.73 Å². The summed E-state index contributed by atoms with van der Waals surface area (Å²) < 4.78 is 0. The fraction of sp³-hybridized carbons (Fsp3) is 0.333. The topological polar surface area (TPSA) is 26.0 Å². The van der Waals surface area contributed by atoms with E-state index in [0.717, 1.165) is 5.75 Å². The molecule has 20 heavy (non-hydrogen) atoms. The summed E-state index contributed by atoms with van der Waals surface area (Å²) in [4.78, 5) is 0. The van der Waals surface area contributed by atoms with Gasteiger partial charge >= 0.3 is 0 Å². The van der Waals surface area contributed by atoms with Gasteiger partial charge in [0.15, 0.2) is 0 Å². The van der Waals surface area contributed by atoms with Crippen molar-refractivity contribution in [1.82, 2.24) is 0 Å². The van der Waals surface area contributed by atoms with Crippen LogP contribution in [0.3, 0.4) is 0 Å². The maximum atomic E-state index is 6.50. The molecule has 104 valence electrons. The zero-order chi connectivity index (χ0) is 13.9. The molecule has 1 nitrogen and oxygen atoms in total. The SMILES string of the molecule is CC1CC(SCc2ccccc2)C(N)c2ccccc21. The quantitative estimate of drug-likeness (QED) is 0.897. The van der Waals surface area contributed by atoms with E-state index in [-0.39, 0.29) is 6.04 Å². The molecule has 2 heteroatoms. The van der Waals surface area contributed by atoms with E-state index in [0.29, 0.717) is 11.2 Å². The number of benzene rings is 2. The van der Waals surface area contributed by atoms with E-state index in [1.165, 1.54) is 23.1 Å². The monoisotopic (exact) mass is 283 g/mol. The fourth-order valence-corrected chi connectivity index (χ4v) is 4.41. The minimum atomic E-state index is 0.163. The Balaban J connectivity index is 1.73. The minimum absolute atomic E-state index is 0.163. The van der Waals surface area contributed by atoms with Gasteiger partial charge in [-0.25, -0.2) is 0 Å². The molecule has 0 heterocycles. The van der Waals surface area contributed by atoms with Crippen molar-refractivity contribution in [3.8, 4) is 0 Å². The van der Waals surface area contributed by atoms with Gasteiger partial charge in [0, 0.05) is 17.0 Å². The highest BCUT2D eigenvalue weighted by molar-refractivity contribution is 7.99. The molecule has 1 aliphatic rings. The normalized spacial score (nSPS) is 25.2. The first kappa shape index (κ1) is 13.7. The molecular formula is C18H21NS. The molecular weight excluding hydrogens is 262 g/mol. The molecule has 0 amide bonds. The Morgan fingerprint density at radius 2 is 1.65 bits per heavy atom. The molecule has 0 saturated carbocycles. The van der Waals surface area contributed by atoms with Gasteiger partial charge in [0.1, 0.15) is 0 Å². The lowest BCUT2D eigenvalue weighted by molar-refractivity contribution is 0.527. The van der Waals surface area contributed by atoms with Crippen LogP contribution in [-0.4, -0.2) is 5.25 Å². The van der Waals surface area contributed by atoms with E-state index < -0.39 is 0 Å². The highest BCUT2D eigenvalue weighted by Crippen LogP contribution is 2.42. The summed E-state index contributed by atoms with van der Waals surface area (Å²) in [5.74, 6) is 1.66. The smallest absolute Gasteiger partial charge is 0.0418 e. The van der Waals surface area contributed by atoms with Crippen molar-refractivity contribution >= 4 is 11.8 Å². The molecule has 0 radical (unpaired) electrons. The summed E-state index contributed by atoms with van der Waals surface area (Å²) in [5, 5.41) is 0.514. The van der Waals surface area contributed by atoms with Gasteiger partial charge < -0.3 is 5.73 Å². The molecule has 1 aliphatic carbocycles. The maximum Gasteiger partial charge on any atom is 0.0418 e. The van der Waals surface area contributed by atoms with Gasteiger partial charge in [-0.3, -0.25) is 0 Å². The Labute approximate surface area is 125 Å². The Morgan fingerprint density at radius 1 is 1.00 bits per heavy atom. The average Bonchev–Trinajstić information content (AvgIpc) is 2.50. The second-order valence-electron chi connectivity index (χ2n) is 5.63. The van der Waals surface area contributed by atoms with Crippen LogP contribution in [0.4, 0.5) is 0 Å². The number of hydrogen-bond donors (Lipinski definition) is 1. The Hall–Kier alpha value is -1.25. The second-order valence-corrected chi connectivity index (χ2v) is 6.85. The molecule has 2 N–H and O–H groups in total.